The summed E-state index contributed by atoms with van der Waals surface area (Å²) in [6.45, 7) is 4.59. The Morgan fingerprint density at radius 3 is 2.90 bits per heavy atom. The quantitative estimate of drug-likeness (QED) is 0.779. The SMILES string of the molecule is CCOC1CCN(C(=O)c2cnc3n(c2=O)CCS3)CC1. The van der Waals surface area contributed by atoms with Crippen LogP contribution in [0.25, 0.3) is 0 Å². The molecule has 1 aromatic heterocycles. The second-order valence-electron chi connectivity index (χ2n) is 5.21. The number of thioether (sulfide) groups is 1. The zero-order valence-electron chi connectivity index (χ0n) is 12.1. The first kappa shape index (κ1) is 14.6. The van der Waals surface area contributed by atoms with Gasteiger partial charge in [-0.05, 0) is 19.8 Å². The lowest BCUT2D eigenvalue weighted by Crippen LogP contribution is -2.43. The van der Waals surface area contributed by atoms with E-state index in [9.17, 15) is 9.59 Å². The van der Waals surface area contributed by atoms with Crippen LogP contribution < -0.4 is 5.56 Å². The van der Waals surface area contributed by atoms with Crippen molar-refractivity contribution in [3.05, 3.63) is 22.1 Å². The lowest BCUT2D eigenvalue weighted by Gasteiger charge is -2.31. The van der Waals surface area contributed by atoms with Crippen molar-refractivity contribution < 1.29 is 9.53 Å². The van der Waals surface area contributed by atoms with Crippen molar-refractivity contribution in [2.24, 2.45) is 0 Å². The molecule has 6 nitrogen and oxygen atoms in total. The number of aromatic nitrogens is 2. The smallest absolute Gasteiger partial charge is 0.267 e. The summed E-state index contributed by atoms with van der Waals surface area (Å²) in [6.07, 6.45) is 3.32. The predicted molar refractivity (Wildman–Crippen MR) is 79.8 cm³/mol. The van der Waals surface area contributed by atoms with Crippen LogP contribution >= 0.6 is 11.8 Å². The topological polar surface area (TPSA) is 64.4 Å². The Morgan fingerprint density at radius 1 is 1.43 bits per heavy atom. The Balaban J connectivity index is 1.73. The lowest BCUT2D eigenvalue weighted by molar-refractivity contribution is 0.0145. The molecule has 2 aliphatic rings. The Bertz CT molecular complexity index is 594. The molecule has 1 aromatic rings. The molecule has 3 rings (SSSR count). The van der Waals surface area contributed by atoms with Crippen LogP contribution in [-0.2, 0) is 11.3 Å². The summed E-state index contributed by atoms with van der Waals surface area (Å²) in [6, 6.07) is 0. The van der Waals surface area contributed by atoms with Gasteiger partial charge in [0.05, 0.1) is 6.10 Å². The summed E-state index contributed by atoms with van der Waals surface area (Å²) in [4.78, 5) is 30.8. The molecule has 1 amide bonds. The Hall–Kier alpha value is -1.34. The number of likely N-dealkylation sites (tertiary alicyclic amines) is 1. The molecule has 0 radical (unpaired) electrons. The maximum Gasteiger partial charge on any atom is 0.267 e. The molecule has 0 aliphatic carbocycles. The van der Waals surface area contributed by atoms with Crippen molar-refractivity contribution in [1.29, 1.82) is 0 Å². The molecule has 2 aliphatic heterocycles. The Labute approximate surface area is 127 Å². The first-order valence-electron chi connectivity index (χ1n) is 7.34. The number of hydrogen-bond donors (Lipinski definition) is 0. The summed E-state index contributed by atoms with van der Waals surface area (Å²) >= 11 is 1.55. The number of fused-ring (bicyclic) bond motifs is 1. The van der Waals surface area contributed by atoms with E-state index in [0.29, 0.717) is 31.4 Å². The predicted octanol–water partition coefficient (Wildman–Crippen LogP) is 0.990. The largest absolute Gasteiger partial charge is 0.378 e. The van der Waals surface area contributed by atoms with Crippen LogP contribution in [0.15, 0.2) is 16.1 Å². The Kier molecular flexibility index (Phi) is 4.30. The fraction of sp³-hybridized carbons (Fsp3) is 0.643. The monoisotopic (exact) mass is 309 g/mol. The van der Waals surface area contributed by atoms with E-state index in [-0.39, 0.29) is 23.1 Å². The highest BCUT2D eigenvalue weighted by Gasteiger charge is 2.27. The molecule has 0 N–H and O–H groups in total. The van der Waals surface area contributed by atoms with E-state index in [1.807, 2.05) is 6.92 Å². The summed E-state index contributed by atoms with van der Waals surface area (Å²) in [5.41, 5.74) is -0.0157. The van der Waals surface area contributed by atoms with Gasteiger partial charge in [-0.3, -0.25) is 14.2 Å². The molecule has 0 aromatic carbocycles. The van der Waals surface area contributed by atoms with Gasteiger partial charge in [-0.2, -0.15) is 0 Å². The standard InChI is InChI=1S/C14H19N3O3S/c1-2-20-10-3-5-16(6-4-10)12(18)11-9-15-14-17(13(11)19)7-8-21-14/h9-10H,2-8H2,1H3. The first-order valence-corrected chi connectivity index (χ1v) is 8.32. The second kappa shape index (κ2) is 6.19. The van der Waals surface area contributed by atoms with Crippen LogP contribution in [0.2, 0.25) is 0 Å². The third-order valence-corrected chi connectivity index (χ3v) is 4.89. The van der Waals surface area contributed by atoms with Crippen LogP contribution in [0.5, 0.6) is 0 Å². The first-order chi connectivity index (χ1) is 10.2. The molecule has 3 heterocycles. The number of ether oxygens (including phenoxy) is 1. The van der Waals surface area contributed by atoms with Gasteiger partial charge in [-0.1, -0.05) is 11.8 Å². The highest BCUT2D eigenvalue weighted by Crippen LogP contribution is 2.21. The number of rotatable bonds is 3. The van der Waals surface area contributed by atoms with Crippen LogP contribution in [0.1, 0.15) is 30.1 Å². The molecule has 114 valence electrons. The van der Waals surface area contributed by atoms with Gasteiger partial charge >= 0.3 is 0 Å². The molecule has 0 bridgehead atoms. The van der Waals surface area contributed by atoms with Crippen molar-refractivity contribution in [3.63, 3.8) is 0 Å². The second-order valence-corrected chi connectivity index (χ2v) is 6.27. The number of piperidine rings is 1. The summed E-state index contributed by atoms with van der Waals surface area (Å²) in [5, 5.41) is 0.714. The van der Waals surface area contributed by atoms with Gasteiger partial charge in [0, 0.05) is 38.2 Å². The number of carbonyl (C=O) groups is 1. The highest BCUT2D eigenvalue weighted by atomic mass is 32.2. The normalized spacial score (nSPS) is 18.8. The minimum Gasteiger partial charge on any atom is -0.378 e. The van der Waals surface area contributed by atoms with E-state index in [2.05, 4.69) is 4.98 Å². The van der Waals surface area contributed by atoms with E-state index in [0.717, 1.165) is 18.6 Å². The number of hydrogen-bond acceptors (Lipinski definition) is 5. The average molecular weight is 309 g/mol. The van der Waals surface area contributed by atoms with Gasteiger partial charge in [-0.15, -0.1) is 0 Å². The van der Waals surface area contributed by atoms with Gasteiger partial charge in [0.15, 0.2) is 5.16 Å². The Morgan fingerprint density at radius 2 is 2.19 bits per heavy atom. The third kappa shape index (κ3) is 2.85. The van der Waals surface area contributed by atoms with Crippen molar-refractivity contribution >= 4 is 17.7 Å². The van der Waals surface area contributed by atoms with Gasteiger partial charge in [0.2, 0.25) is 0 Å². The summed E-state index contributed by atoms with van der Waals surface area (Å²) in [7, 11) is 0. The molecule has 1 fully saturated rings. The maximum atomic E-state index is 12.5. The zero-order valence-corrected chi connectivity index (χ0v) is 12.9. The van der Waals surface area contributed by atoms with Crippen LogP contribution in [0.3, 0.4) is 0 Å². The zero-order chi connectivity index (χ0) is 14.8. The van der Waals surface area contributed by atoms with Gasteiger partial charge in [0.1, 0.15) is 5.56 Å². The van der Waals surface area contributed by atoms with E-state index >= 15 is 0 Å². The van der Waals surface area contributed by atoms with Gasteiger partial charge < -0.3 is 9.64 Å². The van der Waals surface area contributed by atoms with E-state index in [1.54, 1.807) is 21.2 Å². The molecular formula is C14H19N3O3S. The lowest BCUT2D eigenvalue weighted by atomic mass is 10.1. The molecule has 1 saturated heterocycles. The maximum absolute atomic E-state index is 12.5. The number of nitrogens with zero attached hydrogens (tertiary/aromatic N) is 3. The minimum absolute atomic E-state index is 0.191. The molecule has 0 atom stereocenters. The third-order valence-electron chi connectivity index (χ3n) is 3.92. The van der Waals surface area contributed by atoms with Crippen molar-refractivity contribution in [2.75, 3.05) is 25.4 Å². The van der Waals surface area contributed by atoms with Crippen LogP contribution in [0, 0.1) is 0 Å². The minimum atomic E-state index is -0.207. The molecule has 0 saturated carbocycles. The molecule has 0 unspecified atom stereocenters. The van der Waals surface area contributed by atoms with Crippen molar-refractivity contribution in [3.8, 4) is 0 Å². The fourth-order valence-corrected chi connectivity index (χ4v) is 3.71. The van der Waals surface area contributed by atoms with Crippen LogP contribution in [-0.4, -0.2) is 51.9 Å². The van der Waals surface area contributed by atoms with Crippen molar-refractivity contribution in [1.82, 2.24) is 14.5 Å². The van der Waals surface area contributed by atoms with Gasteiger partial charge in [0.25, 0.3) is 11.5 Å². The van der Waals surface area contributed by atoms with E-state index < -0.39 is 0 Å². The fourth-order valence-electron chi connectivity index (χ4n) is 2.80. The molecule has 7 heteroatoms. The summed E-state index contributed by atoms with van der Waals surface area (Å²) < 4.78 is 7.18. The highest BCUT2D eigenvalue weighted by molar-refractivity contribution is 7.99. The molecule has 21 heavy (non-hydrogen) atoms. The average Bonchev–Trinajstić information content (AvgIpc) is 2.98. The van der Waals surface area contributed by atoms with Gasteiger partial charge in [-0.25, -0.2) is 4.98 Å². The van der Waals surface area contributed by atoms with E-state index in [4.69, 9.17) is 4.74 Å². The molecule has 0 spiro atoms. The van der Waals surface area contributed by atoms with Crippen molar-refractivity contribution in [2.45, 2.75) is 37.6 Å². The van der Waals surface area contributed by atoms with Crippen LogP contribution in [0.4, 0.5) is 0 Å². The molecular weight excluding hydrogens is 290 g/mol. The number of carbonyl (C=O) groups excluding carboxylic acids is 1. The summed E-state index contributed by atoms with van der Waals surface area (Å²) in [5.74, 6) is 0.647. The van der Waals surface area contributed by atoms with E-state index in [1.165, 1.54) is 6.20 Å². The number of amides is 1.